The lowest BCUT2D eigenvalue weighted by Crippen LogP contribution is -2.52. The molecule has 0 unspecified atom stereocenters. The topological polar surface area (TPSA) is 105 Å². The zero-order valence-electron chi connectivity index (χ0n) is 18.5. The Labute approximate surface area is 199 Å². The van der Waals surface area contributed by atoms with Crippen molar-refractivity contribution in [1.29, 1.82) is 0 Å². The van der Waals surface area contributed by atoms with E-state index in [1.54, 1.807) is 6.07 Å². The van der Waals surface area contributed by atoms with Crippen molar-refractivity contribution in [2.24, 2.45) is 0 Å². The second-order valence-electron chi connectivity index (χ2n) is 7.67. The number of carbonyl (C=O) groups excluding carboxylic acids is 3. The molecule has 3 aromatic rings. The normalized spacial score (nSPS) is 13.6. The molecule has 35 heavy (non-hydrogen) atoms. The number of piperazine rings is 1. The monoisotopic (exact) mass is 484 g/mol. The lowest BCUT2D eigenvalue weighted by Gasteiger charge is -2.35. The van der Waals surface area contributed by atoms with Gasteiger partial charge in [0.05, 0.1) is 12.1 Å². The molecule has 0 aliphatic carbocycles. The van der Waals surface area contributed by atoms with Crippen LogP contribution < -0.4 is 10.1 Å². The van der Waals surface area contributed by atoms with Gasteiger partial charge in [0.25, 0.3) is 11.8 Å². The van der Waals surface area contributed by atoms with Crippen LogP contribution in [0.1, 0.15) is 20.8 Å². The van der Waals surface area contributed by atoms with E-state index in [1.807, 2.05) is 30.3 Å². The summed E-state index contributed by atoms with van der Waals surface area (Å²) in [6.45, 7) is -2.39. The van der Waals surface area contributed by atoms with Crippen molar-refractivity contribution in [3.8, 4) is 17.1 Å². The summed E-state index contributed by atoms with van der Waals surface area (Å²) in [5.74, 6) is -1.09. The van der Waals surface area contributed by atoms with E-state index in [0.29, 0.717) is 5.76 Å². The summed E-state index contributed by atoms with van der Waals surface area (Å²) in [5, 5.41) is 6.28. The van der Waals surface area contributed by atoms with Crippen molar-refractivity contribution < 1.29 is 32.4 Å². The highest BCUT2D eigenvalue weighted by Crippen LogP contribution is 2.23. The van der Waals surface area contributed by atoms with Crippen LogP contribution in [0.5, 0.6) is 5.75 Å². The maximum absolute atomic E-state index is 12.8. The van der Waals surface area contributed by atoms with Crippen LogP contribution in [0.2, 0.25) is 0 Å². The van der Waals surface area contributed by atoms with E-state index in [1.165, 1.54) is 34.1 Å². The Balaban J connectivity index is 1.27. The lowest BCUT2D eigenvalue weighted by atomic mass is 10.1. The fraction of sp³-hybridized carbons (Fsp3) is 0.250. The molecule has 1 aromatic heterocycles. The first-order valence-corrected chi connectivity index (χ1v) is 10.8. The summed E-state index contributed by atoms with van der Waals surface area (Å²) in [6.07, 6.45) is 0. The number of hydrogen-bond donors (Lipinski definition) is 1. The molecule has 1 N–H and O–H groups in total. The van der Waals surface area contributed by atoms with Crippen molar-refractivity contribution >= 4 is 17.7 Å². The van der Waals surface area contributed by atoms with Crippen molar-refractivity contribution in [2.45, 2.75) is 6.61 Å². The van der Waals surface area contributed by atoms with E-state index in [9.17, 15) is 23.2 Å². The quantitative estimate of drug-likeness (QED) is 0.553. The molecule has 2 heterocycles. The number of nitrogens with zero attached hydrogens (tertiary/aromatic N) is 3. The standard InChI is InChI=1S/C24H22F2N4O5/c25-24(26)34-19-9-5-4-8-17(19)23(33)30-12-10-29(11-13-30)21(31)15-27-22(32)18-14-20(35-28-18)16-6-2-1-3-7-16/h1-9,14,24H,10-13,15H2,(H,27,32). The molecular weight excluding hydrogens is 462 g/mol. The number of para-hydroxylation sites is 1. The molecule has 4 rings (SSSR count). The van der Waals surface area contributed by atoms with Crippen molar-refractivity contribution in [2.75, 3.05) is 32.7 Å². The minimum Gasteiger partial charge on any atom is -0.434 e. The predicted molar refractivity (Wildman–Crippen MR) is 120 cm³/mol. The Morgan fingerprint density at radius 3 is 2.34 bits per heavy atom. The first-order valence-electron chi connectivity index (χ1n) is 10.8. The maximum Gasteiger partial charge on any atom is 0.387 e. The molecule has 2 aromatic carbocycles. The van der Waals surface area contributed by atoms with Crippen molar-refractivity contribution in [3.05, 3.63) is 71.9 Å². The highest BCUT2D eigenvalue weighted by molar-refractivity contribution is 5.97. The predicted octanol–water partition coefficient (Wildman–Crippen LogP) is 2.66. The van der Waals surface area contributed by atoms with Gasteiger partial charge in [-0.2, -0.15) is 8.78 Å². The molecule has 1 saturated heterocycles. The number of aromatic nitrogens is 1. The van der Waals surface area contributed by atoms with Gasteiger partial charge < -0.3 is 24.4 Å². The second-order valence-corrected chi connectivity index (χ2v) is 7.67. The SMILES string of the molecule is O=C(NCC(=O)N1CCN(C(=O)c2ccccc2OC(F)F)CC1)c1cc(-c2ccccc2)on1. The van der Waals surface area contributed by atoms with Gasteiger partial charge >= 0.3 is 6.61 Å². The van der Waals surface area contributed by atoms with Crippen LogP contribution in [-0.2, 0) is 4.79 Å². The van der Waals surface area contributed by atoms with Crippen LogP contribution in [0, 0.1) is 0 Å². The van der Waals surface area contributed by atoms with Gasteiger partial charge in [0.15, 0.2) is 11.5 Å². The summed E-state index contributed by atoms with van der Waals surface area (Å²) in [6, 6.07) is 16.4. The van der Waals surface area contributed by atoms with E-state index in [0.717, 1.165) is 5.56 Å². The molecule has 9 nitrogen and oxygen atoms in total. The second kappa shape index (κ2) is 10.8. The number of ether oxygens (including phenoxy) is 1. The molecule has 1 aliphatic rings. The zero-order chi connectivity index (χ0) is 24.8. The summed E-state index contributed by atoms with van der Waals surface area (Å²) in [7, 11) is 0. The summed E-state index contributed by atoms with van der Waals surface area (Å²) < 4.78 is 34.9. The van der Waals surface area contributed by atoms with E-state index < -0.39 is 18.4 Å². The van der Waals surface area contributed by atoms with Gasteiger partial charge in [-0.1, -0.05) is 47.6 Å². The number of rotatable bonds is 7. The van der Waals surface area contributed by atoms with Crippen LogP contribution in [-0.4, -0.2) is 72.0 Å². The number of hydrogen-bond acceptors (Lipinski definition) is 6. The van der Waals surface area contributed by atoms with Gasteiger partial charge in [-0.25, -0.2) is 0 Å². The highest BCUT2D eigenvalue weighted by atomic mass is 19.3. The molecule has 0 spiro atoms. The van der Waals surface area contributed by atoms with Gasteiger partial charge in [0.2, 0.25) is 5.91 Å². The van der Waals surface area contributed by atoms with Gasteiger partial charge in [0, 0.05) is 37.8 Å². The van der Waals surface area contributed by atoms with E-state index in [4.69, 9.17) is 4.52 Å². The van der Waals surface area contributed by atoms with Crippen molar-refractivity contribution in [3.63, 3.8) is 0 Å². The third kappa shape index (κ3) is 5.81. The molecular formula is C24H22F2N4O5. The third-order valence-electron chi connectivity index (χ3n) is 5.45. The van der Waals surface area contributed by atoms with E-state index in [-0.39, 0.29) is 55.6 Å². The highest BCUT2D eigenvalue weighted by Gasteiger charge is 2.27. The number of benzene rings is 2. The Hall–Kier alpha value is -4.28. The molecule has 0 radical (unpaired) electrons. The van der Waals surface area contributed by atoms with Gasteiger partial charge in [-0.05, 0) is 12.1 Å². The third-order valence-corrected chi connectivity index (χ3v) is 5.45. The average molecular weight is 484 g/mol. The molecule has 1 aliphatic heterocycles. The molecule has 1 fully saturated rings. The number of halogens is 2. The number of amides is 3. The number of nitrogens with one attached hydrogen (secondary N) is 1. The average Bonchev–Trinajstić information content (AvgIpc) is 3.38. The Kier molecular flexibility index (Phi) is 7.34. The van der Waals surface area contributed by atoms with Crippen molar-refractivity contribution in [1.82, 2.24) is 20.3 Å². The Morgan fingerprint density at radius 2 is 1.63 bits per heavy atom. The van der Waals surface area contributed by atoms with Gasteiger partial charge in [-0.15, -0.1) is 0 Å². The summed E-state index contributed by atoms with van der Waals surface area (Å²) in [4.78, 5) is 40.7. The first kappa shape index (κ1) is 23.9. The van der Waals surface area contributed by atoms with Gasteiger partial charge in [0.1, 0.15) is 5.75 Å². The molecule has 0 atom stereocenters. The summed E-state index contributed by atoms with van der Waals surface area (Å²) in [5.41, 5.74) is 0.852. The Bertz CT molecular complexity index is 1190. The lowest BCUT2D eigenvalue weighted by molar-refractivity contribution is -0.131. The molecule has 3 amide bonds. The maximum atomic E-state index is 12.8. The molecule has 0 saturated carbocycles. The fourth-order valence-corrected chi connectivity index (χ4v) is 3.65. The minimum atomic E-state index is -3.05. The van der Waals surface area contributed by atoms with Crippen LogP contribution in [0.25, 0.3) is 11.3 Å². The zero-order valence-corrected chi connectivity index (χ0v) is 18.5. The Morgan fingerprint density at radius 1 is 0.971 bits per heavy atom. The van der Waals surface area contributed by atoms with Crippen LogP contribution in [0.15, 0.2) is 65.2 Å². The number of carbonyl (C=O) groups is 3. The molecule has 182 valence electrons. The smallest absolute Gasteiger partial charge is 0.387 e. The number of alkyl halides is 2. The molecule has 11 heteroatoms. The van der Waals surface area contributed by atoms with Crippen LogP contribution >= 0.6 is 0 Å². The van der Waals surface area contributed by atoms with Crippen LogP contribution in [0.3, 0.4) is 0 Å². The molecule has 0 bridgehead atoms. The first-order chi connectivity index (χ1) is 16.9. The largest absolute Gasteiger partial charge is 0.434 e. The van der Waals surface area contributed by atoms with Gasteiger partial charge in [-0.3, -0.25) is 14.4 Å². The van der Waals surface area contributed by atoms with E-state index in [2.05, 4.69) is 15.2 Å². The fourth-order valence-electron chi connectivity index (χ4n) is 3.65. The summed E-state index contributed by atoms with van der Waals surface area (Å²) >= 11 is 0. The minimum absolute atomic E-state index is 0.0299. The van der Waals surface area contributed by atoms with E-state index >= 15 is 0 Å². The van der Waals surface area contributed by atoms with Crippen LogP contribution in [0.4, 0.5) is 8.78 Å².